The molecule has 0 aliphatic carbocycles. The largest absolute Gasteiger partial charge is 0.497 e. The monoisotopic (exact) mass is 430 g/mol. The number of ether oxygens (including phenoxy) is 1. The average molecular weight is 431 g/mol. The van der Waals surface area contributed by atoms with E-state index >= 15 is 0 Å². The van der Waals surface area contributed by atoms with E-state index < -0.39 is 5.41 Å². The summed E-state index contributed by atoms with van der Waals surface area (Å²) in [7, 11) is 1.64. The van der Waals surface area contributed by atoms with Crippen molar-refractivity contribution in [3.8, 4) is 5.75 Å². The van der Waals surface area contributed by atoms with Crippen molar-refractivity contribution >= 4 is 17.5 Å². The molecule has 6 nitrogen and oxygen atoms in total. The van der Waals surface area contributed by atoms with Crippen LogP contribution in [-0.2, 0) is 10.2 Å². The highest BCUT2D eigenvalue weighted by atomic mass is 16.5. The lowest BCUT2D eigenvalue weighted by atomic mass is 9.83. The fourth-order valence-electron chi connectivity index (χ4n) is 4.26. The summed E-state index contributed by atoms with van der Waals surface area (Å²) in [6.45, 7) is 6.67. The molecular formula is C26H30N4O2. The summed E-state index contributed by atoms with van der Waals surface area (Å²) in [5.41, 5.74) is 2.18. The summed E-state index contributed by atoms with van der Waals surface area (Å²) < 4.78 is 5.26. The molecule has 32 heavy (non-hydrogen) atoms. The second-order valence-corrected chi connectivity index (χ2v) is 8.75. The van der Waals surface area contributed by atoms with E-state index in [-0.39, 0.29) is 11.9 Å². The third-order valence-corrected chi connectivity index (χ3v) is 6.12. The highest BCUT2D eigenvalue weighted by Gasteiger charge is 2.39. The number of anilines is 2. The van der Waals surface area contributed by atoms with Crippen LogP contribution in [0.15, 0.2) is 60.7 Å². The fraction of sp³-hybridized carbons (Fsp3) is 0.346. The van der Waals surface area contributed by atoms with Crippen molar-refractivity contribution in [2.45, 2.75) is 45.1 Å². The molecule has 1 unspecified atom stereocenters. The van der Waals surface area contributed by atoms with Crippen LogP contribution in [0.2, 0.25) is 0 Å². The summed E-state index contributed by atoms with van der Waals surface area (Å²) in [4.78, 5) is 25.0. The number of hydrogen-bond donors (Lipinski definition) is 1. The van der Waals surface area contributed by atoms with Crippen LogP contribution in [0.5, 0.6) is 5.75 Å². The van der Waals surface area contributed by atoms with Crippen LogP contribution in [0.1, 0.15) is 49.7 Å². The molecule has 1 amide bonds. The van der Waals surface area contributed by atoms with Gasteiger partial charge in [-0.3, -0.25) is 4.79 Å². The number of nitrogens with zero attached hydrogens (tertiary/aromatic N) is 3. The molecule has 4 rings (SSSR count). The maximum Gasteiger partial charge on any atom is 0.233 e. The van der Waals surface area contributed by atoms with Crippen molar-refractivity contribution in [3.63, 3.8) is 0 Å². The number of pyridine rings is 2. The Morgan fingerprint density at radius 1 is 1.03 bits per heavy atom. The molecule has 166 valence electrons. The zero-order valence-electron chi connectivity index (χ0n) is 19.1. The van der Waals surface area contributed by atoms with E-state index in [9.17, 15) is 4.79 Å². The highest BCUT2D eigenvalue weighted by Crippen LogP contribution is 2.37. The lowest BCUT2D eigenvalue weighted by molar-refractivity contribution is -0.137. The molecule has 1 aliphatic rings. The summed E-state index contributed by atoms with van der Waals surface area (Å²) in [6, 6.07) is 19.5. The van der Waals surface area contributed by atoms with Crippen molar-refractivity contribution in [2.75, 3.05) is 19.0 Å². The molecule has 1 atom stereocenters. The van der Waals surface area contributed by atoms with Crippen LogP contribution in [0, 0.1) is 6.92 Å². The van der Waals surface area contributed by atoms with Crippen LogP contribution in [0.3, 0.4) is 0 Å². The zero-order valence-corrected chi connectivity index (χ0v) is 19.1. The Hall–Kier alpha value is -3.41. The molecule has 0 spiro atoms. The van der Waals surface area contributed by atoms with E-state index in [4.69, 9.17) is 9.72 Å². The maximum atomic E-state index is 13.7. The third-order valence-electron chi connectivity index (χ3n) is 6.12. The number of nitrogens with one attached hydrogen (secondary N) is 1. The molecule has 1 aromatic carbocycles. The number of carbonyl (C=O) groups excluding carboxylic acids is 1. The first kappa shape index (κ1) is 21.8. The quantitative estimate of drug-likeness (QED) is 0.584. The van der Waals surface area contributed by atoms with Gasteiger partial charge in [0.25, 0.3) is 0 Å². The lowest BCUT2D eigenvalue weighted by Crippen LogP contribution is -2.43. The van der Waals surface area contributed by atoms with Gasteiger partial charge in [0, 0.05) is 12.2 Å². The second-order valence-electron chi connectivity index (χ2n) is 8.75. The fourth-order valence-corrected chi connectivity index (χ4v) is 4.26. The van der Waals surface area contributed by atoms with Crippen molar-refractivity contribution in [1.82, 2.24) is 14.9 Å². The van der Waals surface area contributed by atoms with Gasteiger partial charge in [0.15, 0.2) is 0 Å². The van der Waals surface area contributed by atoms with E-state index in [0.717, 1.165) is 53.7 Å². The predicted molar refractivity (Wildman–Crippen MR) is 126 cm³/mol. The number of carbonyl (C=O) groups is 1. The van der Waals surface area contributed by atoms with E-state index in [1.807, 2.05) is 86.3 Å². The minimum Gasteiger partial charge on any atom is -0.497 e. The van der Waals surface area contributed by atoms with E-state index in [2.05, 4.69) is 10.3 Å². The Labute approximate surface area is 189 Å². The predicted octanol–water partition coefficient (Wildman–Crippen LogP) is 5.18. The molecule has 1 N–H and O–H groups in total. The number of rotatable bonds is 6. The lowest BCUT2D eigenvalue weighted by Gasteiger charge is -2.33. The minimum absolute atomic E-state index is 0.0350. The van der Waals surface area contributed by atoms with Crippen molar-refractivity contribution in [1.29, 1.82) is 0 Å². The van der Waals surface area contributed by atoms with E-state index in [0.29, 0.717) is 0 Å². The molecule has 1 fully saturated rings. The maximum absolute atomic E-state index is 13.7. The van der Waals surface area contributed by atoms with Gasteiger partial charge in [-0.1, -0.05) is 24.3 Å². The van der Waals surface area contributed by atoms with Gasteiger partial charge in [0.2, 0.25) is 5.91 Å². The van der Waals surface area contributed by atoms with E-state index in [1.54, 1.807) is 7.11 Å². The summed E-state index contributed by atoms with van der Waals surface area (Å²) in [5, 5.41) is 3.28. The van der Waals surface area contributed by atoms with Gasteiger partial charge in [-0.25, -0.2) is 9.97 Å². The standard InChI is InChI=1S/C26H30N4O2/c1-18-8-5-11-23(27-18)29-24-12-6-9-21(28-24)22-10-7-17-30(22)25(31)26(2,3)19-13-15-20(32-4)16-14-19/h5-6,8-9,11-16,22H,7,10,17H2,1-4H3,(H,27,28,29). The molecule has 0 bridgehead atoms. The van der Waals surface area contributed by atoms with Gasteiger partial charge in [0.1, 0.15) is 17.4 Å². The smallest absolute Gasteiger partial charge is 0.233 e. The van der Waals surface area contributed by atoms with Crippen LogP contribution >= 0.6 is 0 Å². The number of aromatic nitrogens is 2. The minimum atomic E-state index is -0.643. The number of hydrogen-bond acceptors (Lipinski definition) is 5. The molecule has 0 radical (unpaired) electrons. The summed E-state index contributed by atoms with van der Waals surface area (Å²) in [5.74, 6) is 2.39. The Morgan fingerprint density at radius 3 is 2.41 bits per heavy atom. The number of benzene rings is 1. The Bertz CT molecular complexity index is 1090. The van der Waals surface area contributed by atoms with Gasteiger partial charge in [-0.2, -0.15) is 0 Å². The normalized spacial score (nSPS) is 16.1. The van der Waals surface area contributed by atoms with Gasteiger partial charge in [-0.05, 0) is 75.6 Å². The zero-order chi connectivity index (χ0) is 22.7. The van der Waals surface area contributed by atoms with Gasteiger partial charge in [0.05, 0.1) is 24.3 Å². The molecule has 0 saturated carbocycles. The molecular weight excluding hydrogens is 400 g/mol. The van der Waals surface area contributed by atoms with E-state index in [1.165, 1.54) is 0 Å². The molecule has 6 heteroatoms. The topological polar surface area (TPSA) is 67.3 Å². The van der Waals surface area contributed by atoms with Crippen molar-refractivity contribution < 1.29 is 9.53 Å². The number of likely N-dealkylation sites (tertiary alicyclic amines) is 1. The first-order valence-electron chi connectivity index (χ1n) is 11.0. The van der Waals surface area contributed by atoms with Gasteiger partial charge >= 0.3 is 0 Å². The summed E-state index contributed by atoms with van der Waals surface area (Å²) in [6.07, 6.45) is 1.87. The van der Waals surface area contributed by atoms with Crippen molar-refractivity contribution in [3.05, 3.63) is 77.6 Å². The Balaban J connectivity index is 1.55. The van der Waals surface area contributed by atoms with Gasteiger partial charge < -0.3 is 15.0 Å². The van der Waals surface area contributed by atoms with Crippen molar-refractivity contribution in [2.24, 2.45) is 0 Å². The molecule has 1 aliphatic heterocycles. The van der Waals surface area contributed by atoms with Crippen LogP contribution in [0.4, 0.5) is 11.6 Å². The van der Waals surface area contributed by atoms with Crippen LogP contribution < -0.4 is 10.1 Å². The first-order valence-corrected chi connectivity index (χ1v) is 11.0. The third kappa shape index (κ3) is 4.44. The molecule has 2 aromatic heterocycles. The highest BCUT2D eigenvalue weighted by molar-refractivity contribution is 5.88. The average Bonchev–Trinajstić information content (AvgIpc) is 3.28. The number of aryl methyl sites for hydroxylation is 1. The molecule has 3 heterocycles. The first-order chi connectivity index (χ1) is 15.4. The van der Waals surface area contributed by atoms with Crippen LogP contribution in [-0.4, -0.2) is 34.4 Å². The second kappa shape index (κ2) is 8.99. The molecule has 3 aromatic rings. The molecule has 1 saturated heterocycles. The number of amides is 1. The Kier molecular flexibility index (Phi) is 6.12. The number of methoxy groups -OCH3 is 1. The SMILES string of the molecule is COc1ccc(C(C)(C)C(=O)N2CCCC2c2cccc(Nc3cccc(C)n3)n2)cc1. The summed E-state index contributed by atoms with van der Waals surface area (Å²) >= 11 is 0. The van der Waals surface area contributed by atoms with Crippen LogP contribution in [0.25, 0.3) is 0 Å². The Morgan fingerprint density at radius 2 is 1.72 bits per heavy atom. The van der Waals surface area contributed by atoms with Gasteiger partial charge in [-0.15, -0.1) is 0 Å².